The predicted molar refractivity (Wildman–Crippen MR) is 94.2 cm³/mol. The van der Waals surface area contributed by atoms with Gasteiger partial charge in [-0.2, -0.15) is 13.2 Å². The molecule has 2 aromatic carbocycles. The van der Waals surface area contributed by atoms with Crippen LogP contribution in [0.3, 0.4) is 0 Å². The highest BCUT2D eigenvalue weighted by atomic mass is 19.4. The topological polar surface area (TPSA) is 42.2 Å². The zero-order valence-electron chi connectivity index (χ0n) is 14.3. The van der Waals surface area contributed by atoms with E-state index < -0.39 is 17.7 Å². The lowest BCUT2D eigenvalue weighted by Crippen LogP contribution is -2.04. The number of alkyl halides is 3. The molecule has 6 heteroatoms. The summed E-state index contributed by atoms with van der Waals surface area (Å²) in [6.45, 7) is 4.72. The number of halogens is 3. The molecule has 0 atom stereocenters. The van der Waals surface area contributed by atoms with Crippen LogP contribution in [0, 0.1) is 5.92 Å². The van der Waals surface area contributed by atoms with Crippen LogP contribution in [0.25, 0.3) is 22.0 Å². The van der Waals surface area contributed by atoms with Crippen molar-refractivity contribution in [2.45, 2.75) is 26.6 Å². The maximum absolute atomic E-state index is 12.7. The number of nitrogens with zero attached hydrogens (tertiary/aromatic N) is 1. The Morgan fingerprint density at radius 3 is 2.23 bits per heavy atom. The van der Waals surface area contributed by atoms with Crippen LogP contribution in [0.5, 0.6) is 0 Å². The molecule has 136 valence electrons. The molecule has 0 fully saturated rings. The van der Waals surface area contributed by atoms with Crippen molar-refractivity contribution in [2.24, 2.45) is 5.92 Å². The number of hydrogen-bond acceptors (Lipinski definition) is 1. The van der Waals surface area contributed by atoms with E-state index in [9.17, 15) is 23.1 Å². The van der Waals surface area contributed by atoms with Crippen molar-refractivity contribution in [1.29, 1.82) is 0 Å². The van der Waals surface area contributed by atoms with Crippen LogP contribution in [0.1, 0.15) is 29.8 Å². The second-order valence-corrected chi connectivity index (χ2v) is 6.70. The normalized spacial score (nSPS) is 12.1. The maximum atomic E-state index is 12.7. The first-order valence-electron chi connectivity index (χ1n) is 8.20. The lowest BCUT2D eigenvalue weighted by molar-refractivity contribution is -0.137. The van der Waals surface area contributed by atoms with E-state index in [0.717, 1.165) is 23.2 Å². The smallest absolute Gasteiger partial charge is 0.416 e. The minimum absolute atomic E-state index is 0.222. The van der Waals surface area contributed by atoms with E-state index in [1.165, 1.54) is 12.1 Å². The van der Waals surface area contributed by atoms with Crippen molar-refractivity contribution < 1.29 is 23.1 Å². The molecule has 0 bridgehead atoms. The summed E-state index contributed by atoms with van der Waals surface area (Å²) in [4.78, 5) is 11.5. The molecule has 0 aliphatic heterocycles. The summed E-state index contributed by atoms with van der Waals surface area (Å²) >= 11 is 0. The van der Waals surface area contributed by atoms with Crippen LogP contribution >= 0.6 is 0 Å². The predicted octanol–water partition coefficient (Wildman–Crippen LogP) is 5.68. The fourth-order valence-electron chi connectivity index (χ4n) is 3.04. The summed E-state index contributed by atoms with van der Waals surface area (Å²) in [7, 11) is 0. The van der Waals surface area contributed by atoms with Crippen LogP contribution in [0.4, 0.5) is 13.2 Å². The molecule has 3 nitrogen and oxygen atoms in total. The first-order chi connectivity index (χ1) is 12.2. The molecule has 0 unspecified atom stereocenters. The van der Waals surface area contributed by atoms with Crippen LogP contribution in [0.15, 0.2) is 48.7 Å². The number of aromatic nitrogens is 1. The molecule has 3 rings (SSSR count). The summed E-state index contributed by atoms with van der Waals surface area (Å²) in [5.74, 6) is -0.679. The van der Waals surface area contributed by atoms with Crippen LogP contribution in [-0.4, -0.2) is 15.6 Å². The Kier molecular flexibility index (Phi) is 4.52. The van der Waals surface area contributed by atoms with Gasteiger partial charge in [0, 0.05) is 23.6 Å². The van der Waals surface area contributed by atoms with Crippen LogP contribution in [0.2, 0.25) is 0 Å². The van der Waals surface area contributed by atoms with Crippen LogP contribution < -0.4 is 0 Å². The fraction of sp³-hybridized carbons (Fsp3) is 0.250. The molecule has 0 amide bonds. The highest BCUT2D eigenvalue weighted by Crippen LogP contribution is 2.32. The molecule has 0 saturated heterocycles. The van der Waals surface area contributed by atoms with Gasteiger partial charge in [0.05, 0.1) is 11.1 Å². The molecule has 3 aromatic rings. The van der Waals surface area contributed by atoms with Gasteiger partial charge in [-0.05, 0) is 35.2 Å². The zero-order chi connectivity index (χ0) is 19.1. The molecule has 0 saturated carbocycles. The number of carboxylic acids is 1. The number of carbonyl (C=O) groups is 1. The lowest BCUT2D eigenvalue weighted by Gasteiger charge is -2.10. The van der Waals surface area contributed by atoms with E-state index >= 15 is 0 Å². The minimum Gasteiger partial charge on any atom is -0.478 e. The maximum Gasteiger partial charge on any atom is 0.416 e. The quantitative estimate of drug-likeness (QED) is 0.649. The van der Waals surface area contributed by atoms with Crippen molar-refractivity contribution in [3.8, 4) is 11.1 Å². The van der Waals surface area contributed by atoms with E-state index in [-0.39, 0.29) is 5.56 Å². The number of carboxylic acid groups (broad SMARTS) is 1. The number of aromatic carboxylic acids is 1. The second kappa shape index (κ2) is 6.52. The van der Waals surface area contributed by atoms with Crippen LogP contribution in [-0.2, 0) is 12.7 Å². The molecule has 1 aromatic heterocycles. The molecule has 1 heterocycles. The number of fused-ring (bicyclic) bond motifs is 1. The van der Waals surface area contributed by atoms with Gasteiger partial charge in [0.2, 0.25) is 0 Å². The molecular weight excluding hydrogens is 343 g/mol. The summed E-state index contributed by atoms with van der Waals surface area (Å²) in [5, 5.41) is 10.0. The minimum atomic E-state index is -4.37. The van der Waals surface area contributed by atoms with E-state index in [4.69, 9.17) is 0 Å². The van der Waals surface area contributed by atoms with E-state index in [2.05, 4.69) is 0 Å². The first kappa shape index (κ1) is 18.0. The Hall–Kier alpha value is -2.76. The Balaban J connectivity index is 2.09. The van der Waals surface area contributed by atoms with Gasteiger partial charge in [0.25, 0.3) is 0 Å². The van der Waals surface area contributed by atoms with Gasteiger partial charge in [-0.25, -0.2) is 4.79 Å². The molecule has 0 aliphatic carbocycles. The third-order valence-electron chi connectivity index (χ3n) is 4.22. The van der Waals surface area contributed by atoms with Gasteiger partial charge < -0.3 is 9.67 Å². The van der Waals surface area contributed by atoms with Gasteiger partial charge in [0.15, 0.2) is 0 Å². The monoisotopic (exact) mass is 361 g/mol. The summed E-state index contributed by atoms with van der Waals surface area (Å²) in [5.41, 5.74) is 1.67. The summed E-state index contributed by atoms with van der Waals surface area (Å²) < 4.78 is 40.1. The molecular formula is C20H18F3NO2. The molecule has 0 radical (unpaired) electrons. The Morgan fingerprint density at radius 1 is 1.08 bits per heavy atom. The standard InChI is InChI=1S/C20H18F3NO2/c1-12(2)10-24-11-17(19(25)26)16-8-5-14(9-18(16)24)13-3-6-15(7-4-13)20(21,22)23/h3-9,11-12H,10H2,1-2H3,(H,25,26). The third kappa shape index (κ3) is 3.45. The molecule has 0 spiro atoms. The second-order valence-electron chi connectivity index (χ2n) is 6.70. The van der Waals surface area contributed by atoms with Crippen molar-refractivity contribution >= 4 is 16.9 Å². The fourth-order valence-corrected chi connectivity index (χ4v) is 3.04. The third-order valence-corrected chi connectivity index (χ3v) is 4.22. The lowest BCUT2D eigenvalue weighted by atomic mass is 10.0. The molecule has 0 aliphatic rings. The van der Waals surface area contributed by atoms with Gasteiger partial charge in [-0.3, -0.25) is 0 Å². The van der Waals surface area contributed by atoms with Crippen molar-refractivity contribution in [3.63, 3.8) is 0 Å². The van der Waals surface area contributed by atoms with Gasteiger partial charge >= 0.3 is 12.1 Å². The summed E-state index contributed by atoms with van der Waals surface area (Å²) in [6.07, 6.45) is -2.76. The Labute approximate surface area is 148 Å². The molecule has 1 N–H and O–H groups in total. The highest BCUT2D eigenvalue weighted by Gasteiger charge is 2.30. The average molecular weight is 361 g/mol. The van der Waals surface area contributed by atoms with Gasteiger partial charge in [0.1, 0.15) is 0 Å². The Bertz CT molecular complexity index is 954. The summed E-state index contributed by atoms with van der Waals surface area (Å²) in [6, 6.07) is 10.2. The van der Waals surface area contributed by atoms with Crippen molar-refractivity contribution in [3.05, 3.63) is 59.8 Å². The van der Waals surface area contributed by atoms with Crippen molar-refractivity contribution in [1.82, 2.24) is 4.57 Å². The SMILES string of the molecule is CC(C)Cn1cc(C(=O)O)c2ccc(-c3ccc(C(F)(F)F)cc3)cc21. The Morgan fingerprint density at radius 2 is 1.69 bits per heavy atom. The largest absolute Gasteiger partial charge is 0.478 e. The number of hydrogen-bond donors (Lipinski definition) is 1. The van der Waals surface area contributed by atoms with Crippen molar-refractivity contribution in [2.75, 3.05) is 0 Å². The van der Waals surface area contributed by atoms with E-state index in [1.807, 2.05) is 24.5 Å². The van der Waals surface area contributed by atoms with Gasteiger partial charge in [-0.1, -0.05) is 38.1 Å². The average Bonchev–Trinajstić information content (AvgIpc) is 2.92. The number of rotatable bonds is 4. The molecule has 26 heavy (non-hydrogen) atoms. The van der Waals surface area contributed by atoms with Gasteiger partial charge in [-0.15, -0.1) is 0 Å². The zero-order valence-corrected chi connectivity index (χ0v) is 14.3. The van der Waals surface area contributed by atoms with E-state index in [0.29, 0.717) is 23.4 Å². The van der Waals surface area contributed by atoms with E-state index in [1.54, 1.807) is 18.3 Å². The highest BCUT2D eigenvalue weighted by molar-refractivity contribution is 6.04. The number of benzene rings is 2. The first-order valence-corrected chi connectivity index (χ1v) is 8.20.